The van der Waals surface area contributed by atoms with Crippen molar-refractivity contribution in [3.8, 4) is 0 Å². The van der Waals surface area contributed by atoms with Crippen molar-refractivity contribution < 1.29 is 4.79 Å². The van der Waals surface area contributed by atoms with Gasteiger partial charge in [0, 0.05) is 29.2 Å². The Labute approximate surface area is 159 Å². The maximum absolute atomic E-state index is 13.0. The van der Waals surface area contributed by atoms with Gasteiger partial charge in [-0.3, -0.25) is 9.78 Å². The van der Waals surface area contributed by atoms with Gasteiger partial charge in [-0.15, -0.1) is 11.3 Å². The third kappa shape index (κ3) is 4.90. The van der Waals surface area contributed by atoms with Crippen molar-refractivity contribution in [3.63, 3.8) is 0 Å². The van der Waals surface area contributed by atoms with E-state index in [0.29, 0.717) is 13.0 Å². The minimum absolute atomic E-state index is 0.162. The highest BCUT2D eigenvalue weighted by molar-refractivity contribution is 7.09. The number of pyridine rings is 1. The number of nitrogens with zero attached hydrogens (tertiary/aromatic N) is 3. The maximum Gasteiger partial charge on any atom is 0.227 e. The molecule has 0 saturated carbocycles. The summed E-state index contributed by atoms with van der Waals surface area (Å²) in [7, 11) is 4.13. The van der Waals surface area contributed by atoms with Crippen molar-refractivity contribution in [1.29, 1.82) is 0 Å². The molecule has 5 heteroatoms. The minimum Gasteiger partial charge on any atom is -0.337 e. The monoisotopic (exact) mass is 367 g/mol. The molecule has 1 aromatic carbocycles. The van der Waals surface area contributed by atoms with E-state index < -0.39 is 0 Å². The molecule has 0 fully saturated rings. The summed E-state index contributed by atoms with van der Waals surface area (Å²) in [4.78, 5) is 22.7. The summed E-state index contributed by atoms with van der Waals surface area (Å²) in [6.07, 6.45) is 5.03. The number of rotatable bonds is 8. The molecule has 0 N–H and O–H groups in total. The molecule has 2 aromatic heterocycles. The summed E-state index contributed by atoms with van der Waals surface area (Å²) >= 11 is 1.70. The normalized spacial score (nSPS) is 11.2. The molecule has 0 saturated heterocycles. The molecule has 136 valence electrons. The van der Waals surface area contributed by atoms with Gasteiger partial charge < -0.3 is 9.80 Å². The largest absolute Gasteiger partial charge is 0.337 e. The Hall–Kier alpha value is -2.24. The summed E-state index contributed by atoms with van der Waals surface area (Å²) in [5.41, 5.74) is 0.997. The number of carbonyl (C=O) groups excluding carboxylic acids is 1. The molecule has 0 spiro atoms. The van der Waals surface area contributed by atoms with E-state index >= 15 is 0 Å². The second kappa shape index (κ2) is 8.92. The van der Waals surface area contributed by atoms with Crippen LogP contribution >= 0.6 is 11.3 Å². The van der Waals surface area contributed by atoms with Crippen LogP contribution in [0.1, 0.15) is 16.9 Å². The van der Waals surface area contributed by atoms with Crippen molar-refractivity contribution in [2.24, 2.45) is 0 Å². The number of thiophene rings is 1. The SMILES string of the molecule is CN(C)CCCN(Cc1cccs1)C(=O)Cc1cncc2ccccc12. The second-order valence-electron chi connectivity index (χ2n) is 6.75. The molecule has 2 heterocycles. The van der Waals surface area contributed by atoms with E-state index in [1.807, 2.05) is 41.6 Å². The molecular formula is C21H25N3OS. The Morgan fingerprint density at radius 2 is 1.92 bits per heavy atom. The average molecular weight is 368 g/mol. The first-order valence-corrected chi connectivity index (χ1v) is 9.78. The van der Waals surface area contributed by atoms with Crippen molar-refractivity contribution in [2.75, 3.05) is 27.2 Å². The Morgan fingerprint density at radius 3 is 2.69 bits per heavy atom. The Balaban J connectivity index is 1.75. The van der Waals surface area contributed by atoms with Gasteiger partial charge in [0.1, 0.15) is 0 Å². The summed E-state index contributed by atoms with van der Waals surface area (Å²) < 4.78 is 0. The Bertz CT molecular complexity index is 840. The highest BCUT2D eigenvalue weighted by Crippen LogP contribution is 2.19. The lowest BCUT2D eigenvalue weighted by Gasteiger charge is -2.23. The van der Waals surface area contributed by atoms with Crippen LogP contribution in [0.4, 0.5) is 0 Å². The molecule has 0 unspecified atom stereocenters. The lowest BCUT2D eigenvalue weighted by atomic mass is 10.0. The van der Waals surface area contributed by atoms with Gasteiger partial charge >= 0.3 is 0 Å². The summed E-state index contributed by atoms with van der Waals surface area (Å²) in [6, 6.07) is 12.2. The zero-order valence-electron chi connectivity index (χ0n) is 15.4. The highest BCUT2D eigenvalue weighted by Gasteiger charge is 2.16. The second-order valence-corrected chi connectivity index (χ2v) is 7.78. The smallest absolute Gasteiger partial charge is 0.227 e. The zero-order chi connectivity index (χ0) is 18.4. The lowest BCUT2D eigenvalue weighted by molar-refractivity contribution is -0.131. The fourth-order valence-electron chi connectivity index (χ4n) is 3.06. The van der Waals surface area contributed by atoms with Gasteiger partial charge in [0.05, 0.1) is 13.0 Å². The molecule has 0 aliphatic carbocycles. The highest BCUT2D eigenvalue weighted by atomic mass is 32.1. The van der Waals surface area contributed by atoms with Crippen molar-refractivity contribution in [1.82, 2.24) is 14.8 Å². The fourth-order valence-corrected chi connectivity index (χ4v) is 3.77. The van der Waals surface area contributed by atoms with Crippen LogP contribution in [0.3, 0.4) is 0 Å². The van der Waals surface area contributed by atoms with Gasteiger partial charge in [0.15, 0.2) is 0 Å². The summed E-state index contributed by atoms with van der Waals surface area (Å²) in [5.74, 6) is 0.162. The average Bonchev–Trinajstić information content (AvgIpc) is 3.14. The van der Waals surface area contributed by atoms with Gasteiger partial charge in [0.25, 0.3) is 0 Å². The standard InChI is InChI=1S/C21H25N3OS/c1-23(2)10-6-11-24(16-19-8-5-12-26-19)21(25)13-18-15-22-14-17-7-3-4-9-20(17)18/h3-5,7-9,12,14-15H,6,10-11,13,16H2,1-2H3. The Kier molecular flexibility index (Phi) is 6.36. The number of fused-ring (bicyclic) bond motifs is 1. The number of aromatic nitrogens is 1. The van der Waals surface area contributed by atoms with Crippen LogP contribution in [0.25, 0.3) is 10.8 Å². The maximum atomic E-state index is 13.0. The van der Waals surface area contributed by atoms with Crippen LogP contribution in [-0.4, -0.2) is 47.9 Å². The molecule has 0 atom stereocenters. The molecular weight excluding hydrogens is 342 g/mol. The van der Waals surface area contributed by atoms with Crippen LogP contribution in [-0.2, 0) is 17.8 Å². The molecule has 0 radical (unpaired) electrons. The van der Waals surface area contributed by atoms with Gasteiger partial charge in [-0.2, -0.15) is 0 Å². The first-order chi connectivity index (χ1) is 12.6. The number of hydrogen-bond acceptors (Lipinski definition) is 4. The van der Waals surface area contributed by atoms with Gasteiger partial charge in [-0.25, -0.2) is 0 Å². The van der Waals surface area contributed by atoms with E-state index in [1.54, 1.807) is 11.3 Å². The van der Waals surface area contributed by atoms with E-state index in [9.17, 15) is 4.79 Å². The molecule has 4 nitrogen and oxygen atoms in total. The molecule has 3 aromatic rings. The van der Waals surface area contributed by atoms with Gasteiger partial charge in [0.2, 0.25) is 5.91 Å². The summed E-state index contributed by atoms with van der Waals surface area (Å²) in [6.45, 7) is 2.43. The predicted molar refractivity (Wildman–Crippen MR) is 108 cm³/mol. The van der Waals surface area contributed by atoms with Crippen LogP contribution in [0.5, 0.6) is 0 Å². The Morgan fingerprint density at radius 1 is 1.08 bits per heavy atom. The number of hydrogen-bond donors (Lipinski definition) is 0. The van der Waals surface area contributed by atoms with Crippen LogP contribution in [0.15, 0.2) is 54.2 Å². The molecule has 3 rings (SSSR count). The molecule has 0 aliphatic rings. The van der Waals surface area contributed by atoms with E-state index in [4.69, 9.17) is 0 Å². The van der Waals surface area contributed by atoms with E-state index in [1.165, 1.54) is 4.88 Å². The number of benzene rings is 1. The minimum atomic E-state index is 0.162. The topological polar surface area (TPSA) is 36.4 Å². The quantitative estimate of drug-likeness (QED) is 0.607. The number of carbonyl (C=O) groups is 1. The van der Waals surface area contributed by atoms with Crippen molar-refractivity contribution >= 4 is 28.0 Å². The number of amides is 1. The van der Waals surface area contributed by atoms with Crippen molar-refractivity contribution in [3.05, 3.63) is 64.6 Å². The first-order valence-electron chi connectivity index (χ1n) is 8.90. The third-order valence-corrected chi connectivity index (χ3v) is 5.27. The molecule has 1 amide bonds. The summed E-state index contributed by atoms with van der Waals surface area (Å²) in [5, 5.41) is 4.25. The van der Waals surface area contributed by atoms with Crippen LogP contribution in [0, 0.1) is 0 Å². The first kappa shape index (κ1) is 18.5. The van der Waals surface area contributed by atoms with Gasteiger partial charge in [-0.1, -0.05) is 30.3 Å². The zero-order valence-corrected chi connectivity index (χ0v) is 16.2. The van der Waals surface area contributed by atoms with Crippen molar-refractivity contribution in [2.45, 2.75) is 19.4 Å². The van der Waals surface area contributed by atoms with Crippen LogP contribution < -0.4 is 0 Å². The molecule has 0 aliphatic heterocycles. The van der Waals surface area contributed by atoms with E-state index in [2.05, 4.69) is 41.5 Å². The van der Waals surface area contributed by atoms with Gasteiger partial charge in [-0.05, 0) is 49.5 Å². The van der Waals surface area contributed by atoms with E-state index in [-0.39, 0.29) is 5.91 Å². The fraction of sp³-hybridized carbons (Fsp3) is 0.333. The molecule has 0 bridgehead atoms. The van der Waals surface area contributed by atoms with E-state index in [0.717, 1.165) is 35.8 Å². The third-order valence-electron chi connectivity index (χ3n) is 4.41. The van der Waals surface area contributed by atoms with Crippen LogP contribution in [0.2, 0.25) is 0 Å². The lowest BCUT2D eigenvalue weighted by Crippen LogP contribution is -2.34. The predicted octanol–water partition coefficient (Wildman–Crippen LogP) is 3.82. The molecule has 26 heavy (non-hydrogen) atoms.